The van der Waals surface area contributed by atoms with E-state index < -0.39 is 4.92 Å². The van der Waals surface area contributed by atoms with Crippen LogP contribution in [0.15, 0.2) is 30.5 Å². The van der Waals surface area contributed by atoms with Gasteiger partial charge in [0, 0.05) is 6.07 Å². The van der Waals surface area contributed by atoms with Crippen LogP contribution >= 0.6 is 0 Å². The van der Waals surface area contributed by atoms with Gasteiger partial charge in [-0.1, -0.05) is 12.1 Å². The molecule has 13 heavy (non-hydrogen) atoms. The van der Waals surface area contributed by atoms with Gasteiger partial charge in [-0.05, 0) is 12.1 Å². The van der Waals surface area contributed by atoms with E-state index in [1.165, 1.54) is 19.4 Å². The van der Waals surface area contributed by atoms with Gasteiger partial charge in [-0.2, -0.15) is 0 Å². The van der Waals surface area contributed by atoms with Gasteiger partial charge >= 0.3 is 0 Å². The minimum absolute atomic E-state index is 0.0794. The zero-order chi connectivity index (χ0) is 9.68. The van der Waals surface area contributed by atoms with E-state index in [9.17, 15) is 10.1 Å². The van der Waals surface area contributed by atoms with Crippen molar-refractivity contribution in [2.45, 2.75) is 0 Å². The molecular formula is C9H9NO3. The second-order valence-electron chi connectivity index (χ2n) is 2.35. The largest absolute Gasteiger partial charge is 0.504 e. The smallest absolute Gasteiger partial charge is 0.276 e. The van der Waals surface area contributed by atoms with Crippen LogP contribution in [0.2, 0.25) is 0 Å². The third kappa shape index (κ3) is 2.30. The van der Waals surface area contributed by atoms with Crippen molar-refractivity contribution >= 4 is 11.8 Å². The van der Waals surface area contributed by atoms with Crippen molar-refractivity contribution in [1.82, 2.24) is 0 Å². The molecule has 0 saturated carbocycles. The Kier molecular flexibility index (Phi) is 3.03. The van der Waals surface area contributed by atoms with Crippen LogP contribution in [0.4, 0.5) is 5.69 Å². The first-order chi connectivity index (χ1) is 6.25. The van der Waals surface area contributed by atoms with E-state index in [2.05, 4.69) is 4.74 Å². The Balaban J connectivity index is 3.05. The number of rotatable bonds is 3. The number of benzene rings is 1. The molecule has 4 heteroatoms. The molecule has 0 atom stereocenters. The Hall–Kier alpha value is -1.84. The van der Waals surface area contributed by atoms with Crippen molar-refractivity contribution in [2.24, 2.45) is 0 Å². The maximum absolute atomic E-state index is 10.5. The summed E-state index contributed by atoms with van der Waals surface area (Å²) in [7, 11) is 1.49. The quantitative estimate of drug-likeness (QED) is 0.406. The van der Waals surface area contributed by atoms with Crippen LogP contribution in [0.5, 0.6) is 0 Å². The summed E-state index contributed by atoms with van der Waals surface area (Å²) in [4.78, 5) is 10.1. The second kappa shape index (κ2) is 4.25. The van der Waals surface area contributed by atoms with Gasteiger partial charge in [-0.3, -0.25) is 10.1 Å². The van der Waals surface area contributed by atoms with Gasteiger partial charge in [0.1, 0.15) is 0 Å². The highest BCUT2D eigenvalue weighted by molar-refractivity contribution is 5.59. The molecule has 0 heterocycles. The SMILES string of the molecule is COC=Cc1ccccc1[N+](=O)[O-]. The van der Waals surface area contributed by atoms with Gasteiger partial charge in [0.2, 0.25) is 0 Å². The molecule has 0 N–H and O–H groups in total. The van der Waals surface area contributed by atoms with Crippen LogP contribution in [0.1, 0.15) is 5.56 Å². The summed E-state index contributed by atoms with van der Waals surface area (Å²) in [5.41, 5.74) is 0.616. The maximum Gasteiger partial charge on any atom is 0.276 e. The minimum Gasteiger partial charge on any atom is -0.504 e. The average Bonchev–Trinajstić information content (AvgIpc) is 2.15. The Morgan fingerprint density at radius 1 is 1.46 bits per heavy atom. The van der Waals surface area contributed by atoms with E-state index in [4.69, 9.17) is 0 Å². The van der Waals surface area contributed by atoms with Gasteiger partial charge < -0.3 is 4.74 Å². The zero-order valence-corrected chi connectivity index (χ0v) is 7.14. The molecule has 0 amide bonds. The number of nitro groups is 1. The molecule has 68 valence electrons. The predicted molar refractivity (Wildman–Crippen MR) is 49.1 cm³/mol. The van der Waals surface area contributed by atoms with Crippen molar-refractivity contribution in [2.75, 3.05) is 7.11 Å². The van der Waals surface area contributed by atoms with Crippen LogP contribution in [-0.2, 0) is 4.74 Å². The average molecular weight is 179 g/mol. The number of ether oxygens (including phenoxy) is 1. The molecular weight excluding hydrogens is 170 g/mol. The Bertz CT molecular complexity index is 333. The first-order valence-electron chi connectivity index (χ1n) is 3.68. The van der Waals surface area contributed by atoms with E-state index in [1.807, 2.05) is 0 Å². The zero-order valence-electron chi connectivity index (χ0n) is 7.14. The lowest BCUT2D eigenvalue weighted by Gasteiger charge is -1.95. The van der Waals surface area contributed by atoms with Gasteiger partial charge in [0.05, 0.1) is 23.9 Å². The molecule has 0 radical (unpaired) electrons. The Labute approximate surface area is 75.6 Å². The first-order valence-corrected chi connectivity index (χ1v) is 3.68. The van der Waals surface area contributed by atoms with Crippen molar-refractivity contribution in [3.05, 3.63) is 46.2 Å². The lowest BCUT2D eigenvalue weighted by atomic mass is 10.2. The fourth-order valence-corrected chi connectivity index (χ4v) is 0.936. The topological polar surface area (TPSA) is 52.4 Å². The molecule has 0 saturated heterocycles. The normalized spacial score (nSPS) is 10.2. The fourth-order valence-electron chi connectivity index (χ4n) is 0.936. The van der Waals surface area contributed by atoms with E-state index in [0.29, 0.717) is 5.56 Å². The lowest BCUT2D eigenvalue weighted by Crippen LogP contribution is -1.90. The molecule has 0 aliphatic rings. The molecule has 1 aromatic carbocycles. The van der Waals surface area contributed by atoms with Crippen molar-refractivity contribution in [1.29, 1.82) is 0 Å². The number of nitro benzene ring substituents is 1. The fraction of sp³-hybridized carbons (Fsp3) is 0.111. The number of hydrogen-bond acceptors (Lipinski definition) is 3. The molecule has 0 aromatic heterocycles. The van der Waals surface area contributed by atoms with Crippen LogP contribution in [0, 0.1) is 10.1 Å². The minimum atomic E-state index is -0.421. The van der Waals surface area contributed by atoms with Gasteiger partial charge in [0.25, 0.3) is 5.69 Å². The summed E-state index contributed by atoms with van der Waals surface area (Å²) in [6.07, 6.45) is 2.96. The molecule has 0 aliphatic heterocycles. The van der Waals surface area contributed by atoms with E-state index >= 15 is 0 Å². The maximum atomic E-state index is 10.5. The van der Waals surface area contributed by atoms with Crippen molar-refractivity contribution < 1.29 is 9.66 Å². The molecule has 0 unspecified atom stereocenters. The lowest BCUT2D eigenvalue weighted by molar-refractivity contribution is -0.385. The second-order valence-corrected chi connectivity index (χ2v) is 2.35. The molecule has 0 spiro atoms. The van der Waals surface area contributed by atoms with Gasteiger partial charge in [-0.15, -0.1) is 0 Å². The summed E-state index contributed by atoms with van der Waals surface area (Å²) in [5, 5.41) is 10.5. The Morgan fingerprint density at radius 3 is 2.77 bits per heavy atom. The summed E-state index contributed by atoms with van der Waals surface area (Å²) < 4.78 is 4.68. The summed E-state index contributed by atoms with van der Waals surface area (Å²) in [6, 6.07) is 6.48. The molecule has 4 nitrogen and oxygen atoms in total. The van der Waals surface area contributed by atoms with Gasteiger partial charge in [-0.25, -0.2) is 0 Å². The molecule has 0 aliphatic carbocycles. The van der Waals surface area contributed by atoms with E-state index in [-0.39, 0.29) is 5.69 Å². The van der Waals surface area contributed by atoms with E-state index in [0.717, 1.165) is 0 Å². The van der Waals surface area contributed by atoms with Crippen LogP contribution in [0.25, 0.3) is 6.08 Å². The summed E-state index contributed by atoms with van der Waals surface area (Å²) >= 11 is 0. The summed E-state index contributed by atoms with van der Waals surface area (Å²) in [6.45, 7) is 0. The molecule has 0 fully saturated rings. The third-order valence-corrected chi connectivity index (χ3v) is 1.52. The predicted octanol–water partition coefficient (Wildman–Crippen LogP) is 2.21. The number of para-hydroxylation sites is 1. The highest BCUT2D eigenvalue weighted by atomic mass is 16.6. The van der Waals surface area contributed by atoms with Crippen LogP contribution in [0.3, 0.4) is 0 Å². The van der Waals surface area contributed by atoms with Crippen LogP contribution < -0.4 is 0 Å². The number of hydrogen-bond donors (Lipinski definition) is 0. The highest BCUT2D eigenvalue weighted by Crippen LogP contribution is 2.18. The molecule has 1 aromatic rings. The molecule has 1 rings (SSSR count). The van der Waals surface area contributed by atoms with Crippen LogP contribution in [-0.4, -0.2) is 12.0 Å². The summed E-state index contributed by atoms with van der Waals surface area (Å²) in [5.74, 6) is 0. The van der Waals surface area contributed by atoms with Crippen molar-refractivity contribution in [3.8, 4) is 0 Å². The van der Waals surface area contributed by atoms with E-state index in [1.54, 1.807) is 24.3 Å². The highest BCUT2D eigenvalue weighted by Gasteiger charge is 2.08. The number of methoxy groups -OCH3 is 1. The van der Waals surface area contributed by atoms with Crippen molar-refractivity contribution in [3.63, 3.8) is 0 Å². The third-order valence-electron chi connectivity index (χ3n) is 1.52. The number of nitrogens with zero attached hydrogens (tertiary/aromatic N) is 1. The first kappa shape index (κ1) is 9.25. The standard InChI is InChI=1S/C9H9NO3/c1-13-7-6-8-4-2-3-5-9(8)10(11)12/h2-7H,1H3. The monoisotopic (exact) mass is 179 g/mol. The van der Waals surface area contributed by atoms with Gasteiger partial charge in [0.15, 0.2) is 0 Å². The molecule has 0 bridgehead atoms. The Morgan fingerprint density at radius 2 is 2.15 bits per heavy atom.